The number of nitrogens with one attached hydrogen (secondary N) is 6. The van der Waals surface area contributed by atoms with Crippen LogP contribution in [0.5, 0.6) is 0 Å². The number of aliphatic hydroxyl groups excluding tert-OH is 10. The Morgan fingerprint density at radius 1 is 0.514 bits per heavy atom. The second-order valence-electron chi connectivity index (χ2n) is 14.7. The van der Waals surface area contributed by atoms with Crippen molar-refractivity contribution in [2.24, 2.45) is 0 Å². The van der Waals surface area contributed by atoms with E-state index in [4.69, 9.17) is 10.2 Å². The van der Waals surface area contributed by atoms with Crippen LogP contribution in [0.15, 0.2) is 41.3 Å². The molecular weight excluding hydrogens is 1090 g/mol. The van der Waals surface area contributed by atoms with Crippen LogP contribution in [0.1, 0.15) is 11.1 Å². The minimum absolute atomic E-state index is 0. The number of hydrogen-bond acceptors (Lipinski definition) is 31. The van der Waals surface area contributed by atoms with Gasteiger partial charge in [-0.1, -0.05) is 12.1 Å². The van der Waals surface area contributed by atoms with Crippen molar-refractivity contribution in [3.8, 4) is 0 Å². The Morgan fingerprint density at radius 3 is 1.27 bits per heavy atom. The summed E-state index contributed by atoms with van der Waals surface area (Å²) in [6.45, 7) is -3.85. The topological polar surface area (TPSA) is 523 Å². The molecule has 16 N–H and O–H groups in total. The van der Waals surface area contributed by atoms with Gasteiger partial charge in [0.05, 0.1) is 62.1 Å². The largest absolute Gasteiger partial charge is 1.00 e. The summed E-state index contributed by atoms with van der Waals surface area (Å²) in [6.07, 6.45) is -12.2. The zero-order chi connectivity index (χ0) is 52.0. The fourth-order valence-corrected chi connectivity index (χ4v) is 6.94. The molecule has 0 aliphatic rings. The SMILES string of the molecule is O=S(=O)([O-])CCNc1nc(NCC(O)C(O)C(O)C(O)CO)nc(Nc2c[c-]c(C=Cc3ccc(Nc4nc(NCCS(=O)(=O)[O-])nc(NCC(O)C(O)C(O)C(O)CO)n4)cc3S(=O)(=O)[O-])cc2)n1.[Na+].[Na+].[Na+].[Na+]. The molecule has 0 radical (unpaired) electrons. The number of aliphatic hydroxyl groups is 10. The molecule has 0 spiro atoms. The quantitative estimate of drug-likeness (QED) is 0.0104. The van der Waals surface area contributed by atoms with Gasteiger partial charge in [0.25, 0.3) is 0 Å². The second kappa shape index (κ2) is 33.7. The summed E-state index contributed by atoms with van der Waals surface area (Å²) in [4.78, 5) is 23.5. The first-order valence-electron chi connectivity index (χ1n) is 20.1. The smallest absolute Gasteiger partial charge is 0.748 e. The molecule has 4 aromatic rings. The molecule has 0 aliphatic carbocycles. The minimum atomic E-state index is -5.18. The Hall–Kier alpha value is -1.67. The van der Waals surface area contributed by atoms with Crippen LogP contribution in [0.2, 0.25) is 0 Å². The minimum Gasteiger partial charge on any atom is -0.748 e. The van der Waals surface area contributed by atoms with Gasteiger partial charge < -0.3 is 96.6 Å². The third-order valence-corrected chi connectivity index (χ3v) is 11.5. The van der Waals surface area contributed by atoms with Gasteiger partial charge in [0, 0.05) is 31.9 Å². The number of nitrogens with zero attached hydrogens (tertiary/aromatic N) is 6. The van der Waals surface area contributed by atoms with Crippen LogP contribution in [0, 0.1) is 6.07 Å². The van der Waals surface area contributed by atoms with E-state index in [0.717, 1.165) is 6.07 Å². The fraction of sp³-hybridized carbons (Fsp3) is 0.444. The summed E-state index contributed by atoms with van der Waals surface area (Å²) < 4.78 is 104. The maximum atomic E-state index is 12.4. The number of hydrogen-bond donors (Lipinski definition) is 16. The van der Waals surface area contributed by atoms with Crippen molar-refractivity contribution in [1.29, 1.82) is 0 Å². The number of benzene rings is 2. The van der Waals surface area contributed by atoms with Gasteiger partial charge >= 0.3 is 118 Å². The molecule has 8 atom stereocenters. The summed E-state index contributed by atoms with van der Waals surface area (Å²) in [5, 5.41) is 113. The van der Waals surface area contributed by atoms with E-state index in [0.29, 0.717) is 5.56 Å². The summed E-state index contributed by atoms with van der Waals surface area (Å²) in [5.41, 5.74) is 0.455. The van der Waals surface area contributed by atoms with E-state index in [1.54, 1.807) is 0 Å². The Labute approximate surface area is 512 Å². The first kappa shape index (κ1) is 72.3. The molecule has 0 saturated carbocycles. The van der Waals surface area contributed by atoms with Crippen LogP contribution in [-0.2, 0) is 30.4 Å². The molecular formula is C36H48N12Na4O19S3. The number of aromatic nitrogens is 6. The van der Waals surface area contributed by atoms with Crippen molar-refractivity contribution >= 4 is 89.6 Å². The van der Waals surface area contributed by atoms with Gasteiger partial charge in [0.2, 0.25) is 35.7 Å². The van der Waals surface area contributed by atoms with Crippen molar-refractivity contribution in [2.45, 2.75) is 53.7 Å². The van der Waals surface area contributed by atoms with Crippen molar-refractivity contribution in [3.63, 3.8) is 0 Å². The summed E-state index contributed by atoms with van der Waals surface area (Å²) >= 11 is 0. The van der Waals surface area contributed by atoms with Crippen LogP contribution in [0.4, 0.5) is 47.1 Å². The molecule has 0 fully saturated rings. The molecule has 2 heterocycles. The molecule has 8 unspecified atom stereocenters. The van der Waals surface area contributed by atoms with E-state index in [-0.39, 0.29) is 171 Å². The predicted octanol–water partition coefficient (Wildman–Crippen LogP) is -18.0. The van der Waals surface area contributed by atoms with Gasteiger partial charge in [-0.15, -0.1) is 30.3 Å². The van der Waals surface area contributed by atoms with Crippen LogP contribution in [-0.4, -0.2) is 220 Å². The first-order valence-corrected chi connectivity index (χ1v) is 24.7. The van der Waals surface area contributed by atoms with Crippen molar-refractivity contribution in [3.05, 3.63) is 53.6 Å². The van der Waals surface area contributed by atoms with Crippen LogP contribution < -0.4 is 150 Å². The Bertz CT molecular complexity index is 2740. The van der Waals surface area contributed by atoms with E-state index in [1.165, 1.54) is 42.5 Å². The Balaban J connectivity index is 0.0000133. The Kier molecular flexibility index (Phi) is 32.9. The van der Waals surface area contributed by atoms with E-state index >= 15 is 0 Å². The van der Waals surface area contributed by atoms with Crippen LogP contribution in [0.25, 0.3) is 12.2 Å². The molecule has 2 aromatic carbocycles. The maximum Gasteiger partial charge on any atom is 1.00 e. The van der Waals surface area contributed by atoms with Crippen LogP contribution in [0.3, 0.4) is 0 Å². The molecule has 4 rings (SSSR count). The molecule has 0 saturated heterocycles. The molecule has 0 bridgehead atoms. The predicted molar refractivity (Wildman–Crippen MR) is 240 cm³/mol. The van der Waals surface area contributed by atoms with Gasteiger partial charge in [0.15, 0.2) is 0 Å². The summed E-state index contributed by atoms with van der Waals surface area (Å²) in [5.74, 6) is -3.52. The monoisotopic (exact) mass is 1140 g/mol. The van der Waals surface area contributed by atoms with Gasteiger partial charge in [-0.2, -0.15) is 35.5 Å². The number of anilines is 8. The zero-order valence-corrected chi connectivity index (χ0v) is 50.4. The average molecular weight is 1140 g/mol. The number of rotatable bonds is 29. The molecule has 0 aliphatic heterocycles. The molecule has 388 valence electrons. The van der Waals surface area contributed by atoms with Gasteiger partial charge in [-0.3, -0.25) is 0 Å². The molecule has 38 heteroatoms. The van der Waals surface area contributed by atoms with Gasteiger partial charge in [-0.25, -0.2) is 25.3 Å². The van der Waals surface area contributed by atoms with Crippen LogP contribution >= 0.6 is 0 Å². The second-order valence-corrected chi connectivity index (χ2v) is 19.1. The van der Waals surface area contributed by atoms with E-state index in [1.807, 2.05) is 0 Å². The van der Waals surface area contributed by atoms with Crippen molar-refractivity contribution in [1.82, 2.24) is 29.9 Å². The average Bonchev–Trinajstić information content (AvgIpc) is 3.29. The van der Waals surface area contributed by atoms with Crippen molar-refractivity contribution in [2.75, 3.05) is 82.8 Å². The fourth-order valence-electron chi connectivity index (χ4n) is 5.54. The Morgan fingerprint density at radius 2 is 0.892 bits per heavy atom. The maximum absolute atomic E-state index is 12.4. The molecule has 0 amide bonds. The molecule has 2 aromatic heterocycles. The first-order chi connectivity index (χ1) is 32.7. The summed E-state index contributed by atoms with van der Waals surface area (Å²) in [6, 6.07) is 10.8. The standard InChI is InChI=1S/C36H51N12O19S3.4Na/c49-16-24(53)29(57)27(55)22(51)14-39-33-43-31(37-9-11-68(59,60)61)45-35(47-33)41-20-6-2-18(3-7-20)1-4-19-5-8-21(13-26(19)70(65,66)67)42-36-46-32(38-10-12-69(62,63)64)44-34(48-36)40-15-23(52)28(56)30(58)25(54)17-50;;;;/h1-2,4-8,13,22-25,27-30,49-58H,9-12,14-17H2,(H,59,60,61)(H,62,63,64)(H,65,66,67)(H3,37,39,41,43,45,47)(H3,38,40,42,44,46,48);;;;/q-1;4*+1/p-3. The third-order valence-electron chi connectivity index (χ3n) is 9.21. The van der Waals surface area contributed by atoms with E-state index in [2.05, 4.69) is 67.9 Å². The molecule has 74 heavy (non-hydrogen) atoms. The molecule has 31 nitrogen and oxygen atoms in total. The zero-order valence-electron chi connectivity index (χ0n) is 39.9. The summed E-state index contributed by atoms with van der Waals surface area (Å²) in [7, 11) is -14.5. The third kappa shape index (κ3) is 25.0. The van der Waals surface area contributed by atoms with Gasteiger partial charge in [-0.05, 0) is 23.4 Å². The van der Waals surface area contributed by atoms with Gasteiger partial charge in [0.1, 0.15) is 46.7 Å². The van der Waals surface area contributed by atoms with E-state index < -0.39 is 135 Å². The van der Waals surface area contributed by atoms with E-state index in [9.17, 15) is 79.8 Å². The normalized spacial score (nSPS) is 14.9. The van der Waals surface area contributed by atoms with Crippen molar-refractivity contribution < 1.29 is 208 Å².